The Kier molecular flexibility index (Phi) is 6.10. The summed E-state index contributed by atoms with van der Waals surface area (Å²) < 4.78 is 3.68. The van der Waals surface area contributed by atoms with E-state index in [9.17, 15) is 4.79 Å². The molecule has 1 aromatic heterocycles. The summed E-state index contributed by atoms with van der Waals surface area (Å²) in [6, 6.07) is 13.7. The molecule has 0 aliphatic carbocycles. The lowest BCUT2D eigenvalue weighted by Gasteiger charge is -2.12. The number of aryl methyl sites for hydroxylation is 2. The third-order valence-corrected chi connectivity index (χ3v) is 4.48. The van der Waals surface area contributed by atoms with Crippen molar-refractivity contribution in [3.8, 4) is 0 Å². The molecule has 0 saturated carbocycles. The summed E-state index contributed by atoms with van der Waals surface area (Å²) in [7, 11) is 0. The molecule has 138 valence electrons. The van der Waals surface area contributed by atoms with E-state index in [0.717, 1.165) is 17.2 Å². The molecule has 0 atom stereocenters. The molecule has 1 heterocycles. The van der Waals surface area contributed by atoms with Gasteiger partial charge in [0.05, 0.1) is 0 Å². The molecule has 0 aliphatic rings. The molecule has 0 aliphatic heterocycles. The predicted octanol–water partition coefficient (Wildman–Crippen LogP) is 3.89. The highest BCUT2D eigenvalue weighted by Crippen LogP contribution is 2.15. The first-order valence-corrected chi connectivity index (χ1v) is 9.54. The first-order chi connectivity index (χ1) is 13.0. The van der Waals surface area contributed by atoms with Crippen LogP contribution in [0.25, 0.3) is 0 Å². The minimum atomic E-state index is -0.282. The van der Waals surface area contributed by atoms with Crippen LogP contribution in [-0.4, -0.2) is 20.6 Å². The van der Waals surface area contributed by atoms with Gasteiger partial charge in [0.1, 0.15) is 0 Å². The standard InChI is InChI=1S/C19H19N5OS2/c1-12-7-13(2)9-14(8-12)10-20-19(26)22-16-5-3-15(4-6-16)21-18(25)17-11-27-24-23-17/h3-9,11H,10H2,1-2H3,(H,21,25)(H2,20,22,26). The van der Waals surface area contributed by atoms with Crippen molar-refractivity contribution in [3.05, 3.63) is 70.2 Å². The second-order valence-corrected chi connectivity index (χ2v) is 7.14. The number of hydrogen-bond acceptors (Lipinski definition) is 5. The maximum Gasteiger partial charge on any atom is 0.277 e. The highest BCUT2D eigenvalue weighted by atomic mass is 32.1. The summed E-state index contributed by atoms with van der Waals surface area (Å²) >= 11 is 6.49. The molecular weight excluding hydrogens is 378 g/mol. The van der Waals surface area contributed by atoms with Crippen LogP contribution >= 0.6 is 23.8 Å². The number of amides is 1. The molecule has 0 unspecified atom stereocenters. The van der Waals surface area contributed by atoms with E-state index in [1.54, 1.807) is 17.5 Å². The van der Waals surface area contributed by atoms with Crippen molar-refractivity contribution in [2.24, 2.45) is 0 Å². The van der Waals surface area contributed by atoms with Crippen molar-refractivity contribution in [1.29, 1.82) is 0 Å². The molecule has 3 N–H and O–H groups in total. The lowest BCUT2D eigenvalue weighted by atomic mass is 10.1. The fraction of sp³-hybridized carbons (Fsp3) is 0.158. The van der Waals surface area contributed by atoms with Crippen LogP contribution < -0.4 is 16.0 Å². The number of aromatic nitrogens is 2. The maximum atomic E-state index is 12.0. The average molecular weight is 398 g/mol. The molecule has 0 fully saturated rings. The van der Waals surface area contributed by atoms with Crippen LogP contribution in [0.15, 0.2) is 47.8 Å². The normalized spacial score (nSPS) is 10.3. The summed E-state index contributed by atoms with van der Waals surface area (Å²) in [6.07, 6.45) is 0. The first-order valence-electron chi connectivity index (χ1n) is 8.30. The SMILES string of the molecule is Cc1cc(C)cc(CNC(=S)Nc2ccc(NC(=O)c3csnn3)cc2)c1. The second-order valence-electron chi connectivity index (χ2n) is 6.13. The Labute approximate surface area is 167 Å². The van der Waals surface area contributed by atoms with E-state index >= 15 is 0 Å². The Hall–Kier alpha value is -2.84. The number of benzene rings is 2. The number of anilines is 2. The molecule has 0 bridgehead atoms. The second kappa shape index (κ2) is 8.70. The van der Waals surface area contributed by atoms with Gasteiger partial charge in [-0.05, 0) is 67.4 Å². The van der Waals surface area contributed by atoms with Gasteiger partial charge in [0.2, 0.25) is 0 Å². The zero-order valence-corrected chi connectivity index (χ0v) is 16.6. The van der Waals surface area contributed by atoms with Crippen LogP contribution in [0.1, 0.15) is 27.2 Å². The van der Waals surface area contributed by atoms with Crippen molar-refractivity contribution < 1.29 is 4.79 Å². The Bertz CT molecular complexity index is 919. The number of thiocarbonyl (C=S) groups is 1. The number of carbonyl (C=O) groups excluding carboxylic acids is 1. The van der Waals surface area contributed by atoms with Crippen LogP contribution in [0.2, 0.25) is 0 Å². The van der Waals surface area contributed by atoms with E-state index in [0.29, 0.717) is 23.0 Å². The van der Waals surface area contributed by atoms with E-state index in [1.807, 2.05) is 12.1 Å². The molecule has 3 aromatic rings. The topological polar surface area (TPSA) is 78.9 Å². The number of rotatable bonds is 5. The van der Waals surface area contributed by atoms with Gasteiger partial charge in [-0.2, -0.15) is 0 Å². The van der Waals surface area contributed by atoms with Gasteiger partial charge >= 0.3 is 0 Å². The fourth-order valence-corrected chi connectivity index (χ4v) is 3.25. The minimum Gasteiger partial charge on any atom is -0.358 e. The Morgan fingerprint density at radius 3 is 2.26 bits per heavy atom. The van der Waals surface area contributed by atoms with Crippen LogP contribution in [0.3, 0.4) is 0 Å². The molecule has 6 nitrogen and oxygen atoms in total. The molecule has 27 heavy (non-hydrogen) atoms. The fourth-order valence-electron chi connectivity index (χ4n) is 2.62. The first kappa shape index (κ1) is 18.9. The predicted molar refractivity (Wildman–Crippen MR) is 113 cm³/mol. The molecule has 0 radical (unpaired) electrons. The van der Waals surface area contributed by atoms with Gasteiger partial charge in [0, 0.05) is 23.3 Å². The maximum absolute atomic E-state index is 12.0. The van der Waals surface area contributed by atoms with Gasteiger partial charge in [-0.1, -0.05) is 33.8 Å². The van der Waals surface area contributed by atoms with Crippen LogP contribution in [0, 0.1) is 13.8 Å². The van der Waals surface area contributed by atoms with Crippen LogP contribution in [-0.2, 0) is 6.54 Å². The summed E-state index contributed by atoms with van der Waals surface area (Å²) in [5.74, 6) is -0.282. The van der Waals surface area contributed by atoms with Gasteiger partial charge in [-0.25, -0.2) is 0 Å². The van der Waals surface area contributed by atoms with E-state index in [2.05, 4.69) is 57.6 Å². The highest BCUT2D eigenvalue weighted by molar-refractivity contribution is 7.80. The average Bonchev–Trinajstić information content (AvgIpc) is 3.16. The van der Waals surface area contributed by atoms with E-state index in [-0.39, 0.29) is 5.91 Å². The minimum absolute atomic E-state index is 0.282. The van der Waals surface area contributed by atoms with Gasteiger partial charge in [0.25, 0.3) is 5.91 Å². The Morgan fingerprint density at radius 1 is 1.04 bits per heavy atom. The molecule has 3 rings (SSSR count). The lowest BCUT2D eigenvalue weighted by Crippen LogP contribution is -2.27. The quantitative estimate of drug-likeness (QED) is 0.567. The van der Waals surface area contributed by atoms with Gasteiger partial charge < -0.3 is 16.0 Å². The van der Waals surface area contributed by atoms with Gasteiger partial charge in [-0.3, -0.25) is 4.79 Å². The number of nitrogens with one attached hydrogen (secondary N) is 3. The summed E-state index contributed by atoms with van der Waals surface area (Å²) in [4.78, 5) is 12.0. The molecule has 0 saturated heterocycles. The largest absolute Gasteiger partial charge is 0.358 e. The Morgan fingerprint density at radius 2 is 1.67 bits per heavy atom. The number of nitrogens with zero attached hydrogens (tertiary/aromatic N) is 2. The summed E-state index contributed by atoms with van der Waals surface area (Å²) in [5.41, 5.74) is 5.47. The third-order valence-electron chi connectivity index (χ3n) is 3.73. The highest BCUT2D eigenvalue weighted by Gasteiger charge is 2.09. The smallest absolute Gasteiger partial charge is 0.277 e. The summed E-state index contributed by atoms with van der Waals surface area (Å²) in [5, 5.41) is 15.0. The molecule has 1 amide bonds. The number of carbonyl (C=O) groups is 1. The van der Waals surface area contributed by atoms with Crippen molar-refractivity contribution >= 4 is 46.1 Å². The van der Waals surface area contributed by atoms with Crippen molar-refractivity contribution in [3.63, 3.8) is 0 Å². The zero-order valence-electron chi connectivity index (χ0n) is 14.9. The molecule has 0 spiro atoms. The van der Waals surface area contributed by atoms with Crippen LogP contribution in [0.5, 0.6) is 0 Å². The van der Waals surface area contributed by atoms with Crippen molar-refractivity contribution in [2.75, 3.05) is 10.6 Å². The van der Waals surface area contributed by atoms with Gasteiger partial charge in [0.15, 0.2) is 10.8 Å². The van der Waals surface area contributed by atoms with E-state index in [4.69, 9.17) is 12.2 Å². The zero-order chi connectivity index (χ0) is 19.2. The summed E-state index contributed by atoms with van der Waals surface area (Å²) in [6.45, 7) is 4.82. The van der Waals surface area contributed by atoms with E-state index in [1.165, 1.54) is 16.7 Å². The van der Waals surface area contributed by atoms with Crippen molar-refractivity contribution in [1.82, 2.24) is 14.9 Å². The van der Waals surface area contributed by atoms with Crippen molar-refractivity contribution in [2.45, 2.75) is 20.4 Å². The molecule has 8 heteroatoms. The number of hydrogen-bond donors (Lipinski definition) is 3. The molecular formula is C19H19N5OS2. The molecule has 2 aromatic carbocycles. The van der Waals surface area contributed by atoms with Gasteiger partial charge in [-0.15, -0.1) is 5.10 Å². The lowest BCUT2D eigenvalue weighted by molar-refractivity contribution is 0.102. The Balaban J connectivity index is 1.51. The van der Waals surface area contributed by atoms with Crippen LogP contribution in [0.4, 0.5) is 11.4 Å². The monoisotopic (exact) mass is 397 g/mol. The van der Waals surface area contributed by atoms with E-state index < -0.39 is 0 Å². The third kappa shape index (κ3) is 5.57.